The van der Waals surface area contributed by atoms with Crippen molar-refractivity contribution in [1.29, 1.82) is 0 Å². The Hall–Kier alpha value is -1.99. The normalized spacial score (nSPS) is 13.6. The van der Waals surface area contributed by atoms with Crippen LogP contribution in [-0.4, -0.2) is 30.5 Å². The third-order valence-corrected chi connectivity index (χ3v) is 6.43. The van der Waals surface area contributed by atoms with Gasteiger partial charge in [0.05, 0.1) is 20.6 Å². The molecule has 0 unspecified atom stereocenters. The highest BCUT2D eigenvalue weighted by molar-refractivity contribution is 7.18. The van der Waals surface area contributed by atoms with Crippen molar-refractivity contribution < 1.29 is 4.79 Å². The number of hydrogen-bond donors (Lipinski definition) is 2. The number of nitrogens with one attached hydrogen (secondary N) is 2. The molecule has 5 nitrogen and oxygen atoms in total. The van der Waals surface area contributed by atoms with Gasteiger partial charge in [-0.15, -0.1) is 36.2 Å². The molecule has 2 N–H and O–H groups in total. The Kier molecular flexibility index (Phi) is 9.91. The number of thiophene rings is 1. The second kappa shape index (κ2) is 12.2. The lowest BCUT2D eigenvalue weighted by Gasteiger charge is -2.33. The average molecular weight is 500 g/mol. The van der Waals surface area contributed by atoms with E-state index >= 15 is 0 Å². The number of piperidine rings is 1. The highest BCUT2D eigenvalue weighted by atomic mass is 35.5. The molecule has 1 saturated heterocycles. The van der Waals surface area contributed by atoms with Crippen molar-refractivity contribution in [2.75, 3.05) is 35.2 Å². The van der Waals surface area contributed by atoms with Gasteiger partial charge in [-0.05, 0) is 55.2 Å². The van der Waals surface area contributed by atoms with Crippen molar-refractivity contribution in [2.24, 2.45) is 5.92 Å². The molecule has 0 spiro atoms. The fourth-order valence-electron chi connectivity index (χ4n) is 3.57. The van der Waals surface area contributed by atoms with E-state index in [1.54, 1.807) is 12.1 Å². The van der Waals surface area contributed by atoms with Crippen LogP contribution in [0.5, 0.6) is 0 Å². The van der Waals surface area contributed by atoms with E-state index in [9.17, 15) is 4.79 Å². The molecular formula is C22H25Cl3N4OS. The lowest BCUT2D eigenvalue weighted by molar-refractivity contribution is 0.103. The van der Waals surface area contributed by atoms with Crippen LogP contribution in [0.2, 0.25) is 4.34 Å². The summed E-state index contributed by atoms with van der Waals surface area (Å²) in [6.45, 7) is 2.99. The van der Waals surface area contributed by atoms with Crippen LogP contribution in [0, 0.1) is 5.92 Å². The Bertz CT molecular complexity index is 962. The van der Waals surface area contributed by atoms with Gasteiger partial charge in [0.25, 0.3) is 5.91 Å². The van der Waals surface area contributed by atoms with Crippen molar-refractivity contribution in [1.82, 2.24) is 4.98 Å². The van der Waals surface area contributed by atoms with Crippen molar-refractivity contribution >= 4 is 70.7 Å². The van der Waals surface area contributed by atoms with Gasteiger partial charge in [0.1, 0.15) is 0 Å². The number of benzene rings is 1. The van der Waals surface area contributed by atoms with Crippen LogP contribution in [0.3, 0.4) is 0 Å². The molecule has 1 aliphatic heterocycles. The van der Waals surface area contributed by atoms with E-state index in [1.807, 2.05) is 36.7 Å². The first kappa shape index (κ1) is 25.3. The molecule has 0 aliphatic carbocycles. The molecule has 0 atom stereocenters. The fraction of sp³-hybridized carbons (Fsp3) is 0.273. The molecule has 1 fully saturated rings. The largest absolute Gasteiger partial charge is 0.383 e. The first-order valence-corrected chi connectivity index (χ1v) is 10.9. The van der Waals surface area contributed by atoms with Crippen molar-refractivity contribution in [3.05, 3.63) is 70.1 Å². The van der Waals surface area contributed by atoms with E-state index in [0.29, 0.717) is 15.1 Å². The Morgan fingerprint density at radius 3 is 2.35 bits per heavy atom. The molecule has 0 saturated carbocycles. The average Bonchev–Trinajstić information content (AvgIpc) is 3.21. The number of aromatic nitrogens is 1. The summed E-state index contributed by atoms with van der Waals surface area (Å²) in [5, 5.41) is 6.53. The van der Waals surface area contributed by atoms with Crippen LogP contribution in [0.25, 0.3) is 0 Å². The number of anilines is 3. The molecule has 9 heteroatoms. The number of pyridine rings is 1. The van der Waals surface area contributed by atoms with Crippen LogP contribution >= 0.6 is 47.8 Å². The van der Waals surface area contributed by atoms with Crippen LogP contribution in [0.4, 0.5) is 17.1 Å². The zero-order chi connectivity index (χ0) is 20.1. The molecule has 1 aliphatic rings. The SMILES string of the molecule is Cl.Cl.O=C(Nc1ccccc1NCC1CCN(c2ccncc2)CC1)c1ccc(Cl)s1. The topological polar surface area (TPSA) is 57.3 Å². The van der Waals surface area contributed by atoms with Gasteiger partial charge >= 0.3 is 0 Å². The number of rotatable bonds is 6. The van der Waals surface area contributed by atoms with Crippen molar-refractivity contribution in [3.63, 3.8) is 0 Å². The molecule has 3 aromatic rings. The number of para-hydroxylation sites is 2. The zero-order valence-corrected chi connectivity index (χ0v) is 20.0. The number of carbonyl (C=O) groups is 1. The van der Waals surface area contributed by atoms with Crippen molar-refractivity contribution in [2.45, 2.75) is 12.8 Å². The molecule has 1 aromatic carbocycles. The summed E-state index contributed by atoms with van der Waals surface area (Å²) in [5.41, 5.74) is 2.98. The predicted octanol–water partition coefficient (Wildman–Crippen LogP) is 6.22. The fourth-order valence-corrected chi connectivity index (χ4v) is 4.51. The molecule has 2 aromatic heterocycles. The maximum absolute atomic E-state index is 12.5. The summed E-state index contributed by atoms with van der Waals surface area (Å²) < 4.78 is 0.611. The quantitative estimate of drug-likeness (QED) is 0.423. The van der Waals surface area contributed by atoms with E-state index < -0.39 is 0 Å². The van der Waals surface area contributed by atoms with E-state index in [-0.39, 0.29) is 30.7 Å². The summed E-state index contributed by atoms with van der Waals surface area (Å²) in [5.74, 6) is 0.467. The Morgan fingerprint density at radius 2 is 1.71 bits per heavy atom. The Labute approximate surface area is 204 Å². The number of amides is 1. The summed E-state index contributed by atoms with van der Waals surface area (Å²) in [7, 11) is 0. The maximum Gasteiger partial charge on any atom is 0.265 e. The van der Waals surface area contributed by atoms with Gasteiger partial charge in [-0.1, -0.05) is 23.7 Å². The lowest BCUT2D eigenvalue weighted by atomic mass is 9.96. The van der Waals surface area contributed by atoms with Crippen LogP contribution in [0.1, 0.15) is 22.5 Å². The minimum Gasteiger partial charge on any atom is -0.383 e. The second-order valence-electron chi connectivity index (χ2n) is 7.12. The number of carbonyl (C=O) groups excluding carboxylic acids is 1. The van der Waals surface area contributed by atoms with Crippen LogP contribution in [0.15, 0.2) is 60.9 Å². The molecule has 31 heavy (non-hydrogen) atoms. The lowest BCUT2D eigenvalue weighted by Crippen LogP contribution is -2.35. The van der Waals surface area contributed by atoms with E-state index in [2.05, 4.69) is 32.7 Å². The first-order valence-electron chi connectivity index (χ1n) is 9.73. The summed E-state index contributed by atoms with van der Waals surface area (Å²) in [6, 6.07) is 15.4. The van der Waals surface area contributed by atoms with Crippen LogP contribution in [-0.2, 0) is 0 Å². The molecule has 1 amide bonds. The molecule has 0 radical (unpaired) electrons. The molecule has 166 valence electrons. The number of nitrogens with zero attached hydrogens (tertiary/aromatic N) is 2. The number of halogens is 3. The standard InChI is InChI=1S/C22H23ClN4OS.2ClH/c23-21-6-5-20(29-21)22(28)26-19-4-2-1-3-18(19)25-15-16-9-13-27(14-10-16)17-7-11-24-12-8-17;;/h1-8,11-12,16,25H,9-10,13-15H2,(H,26,28);2*1H. The molecule has 0 bridgehead atoms. The maximum atomic E-state index is 12.5. The van der Waals surface area contributed by atoms with Gasteiger partial charge < -0.3 is 15.5 Å². The van der Waals surface area contributed by atoms with Gasteiger partial charge in [-0.3, -0.25) is 9.78 Å². The van der Waals surface area contributed by atoms with Crippen LogP contribution < -0.4 is 15.5 Å². The highest BCUT2D eigenvalue weighted by Gasteiger charge is 2.20. The van der Waals surface area contributed by atoms with Gasteiger partial charge in [0, 0.05) is 37.7 Å². The van der Waals surface area contributed by atoms with Gasteiger partial charge in [-0.25, -0.2) is 0 Å². The third kappa shape index (κ3) is 6.74. The minimum absolute atomic E-state index is 0. The summed E-state index contributed by atoms with van der Waals surface area (Å²) in [4.78, 5) is 19.6. The number of hydrogen-bond acceptors (Lipinski definition) is 5. The third-order valence-electron chi connectivity index (χ3n) is 5.20. The Balaban J connectivity index is 0.00000171. The minimum atomic E-state index is -0.137. The second-order valence-corrected chi connectivity index (χ2v) is 8.84. The summed E-state index contributed by atoms with van der Waals surface area (Å²) in [6.07, 6.45) is 5.96. The molecule has 3 heterocycles. The smallest absolute Gasteiger partial charge is 0.265 e. The molecular weight excluding hydrogens is 475 g/mol. The zero-order valence-electron chi connectivity index (χ0n) is 16.8. The van der Waals surface area contributed by atoms with Crippen molar-refractivity contribution in [3.8, 4) is 0 Å². The Morgan fingerprint density at radius 1 is 1.03 bits per heavy atom. The van der Waals surface area contributed by atoms with E-state index in [4.69, 9.17) is 11.6 Å². The molecule has 4 rings (SSSR count). The van der Waals surface area contributed by atoms with Gasteiger partial charge in [0.2, 0.25) is 0 Å². The van der Waals surface area contributed by atoms with E-state index in [1.165, 1.54) is 17.0 Å². The predicted molar refractivity (Wildman–Crippen MR) is 136 cm³/mol. The van der Waals surface area contributed by atoms with E-state index in [0.717, 1.165) is 43.9 Å². The summed E-state index contributed by atoms with van der Waals surface area (Å²) >= 11 is 7.22. The first-order chi connectivity index (χ1) is 14.2. The van der Waals surface area contributed by atoms with Gasteiger partial charge in [-0.2, -0.15) is 0 Å². The van der Waals surface area contributed by atoms with Gasteiger partial charge in [0.15, 0.2) is 0 Å². The monoisotopic (exact) mass is 498 g/mol. The highest BCUT2D eigenvalue weighted by Crippen LogP contribution is 2.27.